The van der Waals surface area contributed by atoms with Gasteiger partial charge in [0.05, 0.1) is 13.2 Å². The molecule has 38 heavy (non-hydrogen) atoms. The second-order valence-electron chi connectivity index (χ2n) is 8.67. The summed E-state index contributed by atoms with van der Waals surface area (Å²) in [6, 6.07) is 35.7. The zero-order chi connectivity index (χ0) is 25.8. The molecule has 1 aliphatic heterocycles. The molecule has 0 fully saturated rings. The Bertz CT molecular complexity index is 1260. The van der Waals surface area contributed by atoms with Gasteiger partial charge in [-0.25, -0.2) is 0 Å². The minimum Gasteiger partial charge on any atom is -0.493 e. The fourth-order valence-electron chi connectivity index (χ4n) is 4.11. The van der Waals surface area contributed by atoms with Gasteiger partial charge >= 0.3 is 0 Å². The Morgan fingerprint density at radius 3 is 1.26 bits per heavy atom. The summed E-state index contributed by atoms with van der Waals surface area (Å²) in [7, 11) is 0. The number of hydrogen-bond donors (Lipinski definition) is 0. The van der Waals surface area contributed by atoms with Gasteiger partial charge in [0.15, 0.2) is 0 Å². The number of hydrogen-bond acceptors (Lipinski definition) is 6. The van der Waals surface area contributed by atoms with Crippen LogP contribution in [0.3, 0.4) is 0 Å². The number of para-hydroxylation sites is 2. The van der Waals surface area contributed by atoms with E-state index in [0.717, 1.165) is 45.2 Å². The summed E-state index contributed by atoms with van der Waals surface area (Å²) in [5, 5.41) is 9.06. The van der Waals surface area contributed by atoms with E-state index >= 15 is 0 Å². The standard InChI is InChI=1S/C32H30N2O4/c1-3-13-25(14-4-1)31-27-17-7-9-19-29(27)35-21-12-24-38-34-32(26-15-5-2-6-16-26)28-18-8-10-20-30(28)36-22-11-23-37-33-31/h1-10,13-20H,11-12,21-24H2/b33-31+,34-32+. The predicted molar refractivity (Wildman–Crippen MR) is 149 cm³/mol. The van der Waals surface area contributed by atoms with Crippen LogP contribution in [-0.2, 0) is 9.68 Å². The van der Waals surface area contributed by atoms with E-state index in [2.05, 4.69) is 10.3 Å². The van der Waals surface area contributed by atoms with Gasteiger partial charge < -0.3 is 19.1 Å². The van der Waals surface area contributed by atoms with Crippen LogP contribution in [0.4, 0.5) is 0 Å². The van der Waals surface area contributed by atoms with Crippen molar-refractivity contribution in [3.63, 3.8) is 0 Å². The number of benzene rings is 4. The molecule has 192 valence electrons. The van der Waals surface area contributed by atoms with E-state index in [9.17, 15) is 0 Å². The van der Waals surface area contributed by atoms with Crippen molar-refractivity contribution in [3.05, 3.63) is 131 Å². The molecule has 0 unspecified atom stereocenters. The number of rotatable bonds is 2. The van der Waals surface area contributed by atoms with Gasteiger partial charge in [-0.1, -0.05) is 95.2 Å². The first-order chi connectivity index (χ1) is 18.9. The molecule has 0 spiro atoms. The van der Waals surface area contributed by atoms with E-state index in [1.165, 1.54) is 0 Å². The molecule has 1 aliphatic rings. The minimum absolute atomic E-state index is 0.407. The van der Waals surface area contributed by atoms with Crippen LogP contribution in [0.1, 0.15) is 35.1 Å². The van der Waals surface area contributed by atoms with Crippen molar-refractivity contribution in [3.8, 4) is 11.5 Å². The summed E-state index contributed by atoms with van der Waals surface area (Å²) in [5.74, 6) is 1.48. The predicted octanol–water partition coefficient (Wildman–Crippen LogP) is 6.48. The quantitative estimate of drug-likeness (QED) is 0.312. The molecule has 0 aliphatic carbocycles. The van der Waals surface area contributed by atoms with Crippen LogP contribution >= 0.6 is 0 Å². The van der Waals surface area contributed by atoms with Crippen LogP contribution < -0.4 is 9.47 Å². The van der Waals surface area contributed by atoms with E-state index in [1.807, 2.05) is 109 Å². The Labute approximate surface area is 223 Å². The lowest BCUT2D eigenvalue weighted by molar-refractivity contribution is 0.125. The third-order valence-corrected chi connectivity index (χ3v) is 5.97. The molecule has 4 aromatic carbocycles. The van der Waals surface area contributed by atoms with Crippen LogP contribution in [0.25, 0.3) is 0 Å². The van der Waals surface area contributed by atoms with E-state index < -0.39 is 0 Å². The number of nitrogens with zero attached hydrogens (tertiary/aromatic N) is 2. The normalized spacial score (nSPS) is 17.6. The molecule has 0 atom stereocenters. The van der Waals surface area contributed by atoms with Crippen LogP contribution in [0, 0.1) is 0 Å². The molecule has 6 nitrogen and oxygen atoms in total. The Morgan fingerprint density at radius 1 is 0.421 bits per heavy atom. The molecular weight excluding hydrogens is 476 g/mol. The van der Waals surface area contributed by atoms with Crippen LogP contribution in [-0.4, -0.2) is 37.9 Å². The average Bonchev–Trinajstić information content (AvgIpc) is 2.98. The lowest BCUT2D eigenvalue weighted by Gasteiger charge is -2.15. The van der Waals surface area contributed by atoms with Crippen molar-refractivity contribution < 1.29 is 19.1 Å². The highest BCUT2D eigenvalue weighted by Gasteiger charge is 2.16. The molecule has 0 saturated heterocycles. The first kappa shape index (κ1) is 25.1. The first-order valence-electron chi connectivity index (χ1n) is 12.9. The van der Waals surface area contributed by atoms with Crippen molar-refractivity contribution in [2.45, 2.75) is 12.8 Å². The summed E-state index contributed by atoms with van der Waals surface area (Å²) in [6.07, 6.45) is 1.32. The summed E-state index contributed by atoms with van der Waals surface area (Å²) in [4.78, 5) is 11.6. The lowest BCUT2D eigenvalue weighted by atomic mass is 10.0. The highest BCUT2D eigenvalue weighted by atomic mass is 16.6. The van der Waals surface area contributed by atoms with Gasteiger partial charge in [0, 0.05) is 35.1 Å². The number of oxime groups is 2. The van der Waals surface area contributed by atoms with E-state index in [0.29, 0.717) is 39.3 Å². The fraction of sp³-hybridized carbons (Fsp3) is 0.188. The molecule has 0 radical (unpaired) electrons. The summed E-state index contributed by atoms with van der Waals surface area (Å²) in [5.41, 5.74) is 5.10. The Hall–Kier alpha value is -4.58. The van der Waals surface area contributed by atoms with Gasteiger partial charge in [0.1, 0.15) is 36.1 Å². The summed E-state index contributed by atoms with van der Waals surface area (Å²) >= 11 is 0. The molecule has 0 amide bonds. The smallest absolute Gasteiger partial charge is 0.128 e. The maximum absolute atomic E-state index is 6.17. The molecule has 0 aromatic heterocycles. The topological polar surface area (TPSA) is 61.6 Å². The second kappa shape index (κ2) is 13.1. The van der Waals surface area contributed by atoms with Crippen molar-refractivity contribution in [1.82, 2.24) is 0 Å². The highest BCUT2D eigenvalue weighted by molar-refractivity contribution is 6.14. The second-order valence-corrected chi connectivity index (χ2v) is 8.67. The zero-order valence-corrected chi connectivity index (χ0v) is 21.2. The van der Waals surface area contributed by atoms with Gasteiger partial charge in [-0.05, 0) is 24.3 Å². The monoisotopic (exact) mass is 506 g/mol. The molecule has 0 N–H and O–H groups in total. The van der Waals surface area contributed by atoms with Crippen LogP contribution in [0.5, 0.6) is 11.5 Å². The van der Waals surface area contributed by atoms with Crippen molar-refractivity contribution in [2.75, 3.05) is 26.4 Å². The number of ether oxygens (including phenoxy) is 2. The van der Waals surface area contributed by atoms with Gasteiger partial charge in [-0.2, -0.15) is 0 Å². The molecule has 1 heterocycles. The molecule has 4 aromatic rings. The minimum atomic E-state index is 0.407. The van der Waals surface area contributed by atoms with Crippen LogP contribution in [0.2, 0.25) is 0 Å². The fourth-order valence-corrected chi connectivity index (χ4v) is 4.11. The van der Waals surface area contributed by atoms with Crippen LogP contribution in [0.15, 0.2) is 120 Å². The molecule has 0 bridgehead atoms. The van der Waals surface area contributed by atoms with Gasteiger partial charge in [0.2, 0.25) is 0 Å². The maximum atomic E-state index is 6.17. The largest absolute Gasteiger partial charge is 0.493 e. The summed E-state index contributed by atoms with van der Waals surface area (Å²) in [6.45, 7) is 1.75. The lowest BCUT2D eigenvalue weighted by Crippen LogP contribution is -2.12. The van der Waals surface area contributed by atoms with E-state index in [1.54, 1.807) is 0 Å². The molecule has 6 heteroatoms. The molecule has 0 saturated carbocycles. The summed E-state index contributed by atoms with van der Waals surface area (Å²) < 4.78 is 12.3. The van der Waals surface area contributed by atoms with Crippen molar-refractivity contribution in [1.29, 1.82) is 0 Å². The van der Waals surface area contributed by atoms with Gasteiger partial charge in [-0.15, -0.1) is 0 Å². The highest BCUT2D eigenvalue weighted by Crippen LogP contribution is 2.25. The SMILES string of the molecule is c1ccc(/C2=N\OCCCOc3ccccc3/C(c3ccccc3)=N/OCCCOc3ccccc32)cc1. The third kappa shape index (κ3) is 6.40. The molecular formula is C32H30N2O4. The Balaban J connectivity index is 1.42. The zero-order valence-electron chi connectivity index (χ0n) is 21.2. The Morgan fingerprint density at radius 2 is 0.816 bits per heavy atom. The average molecular weight is 507 g/mol. The number of fused-ring (bicyclic) bond motifs is 2. The van der Waals surface area contributed by atoms with Gasteiger partial charge in [-0.3, -0.25) is 0 Å². The van der Waals surface area contributed by atoms with Crippen molar-refractivity contribution in [2.24, 2.45) is 10.3 Å². The van der Waals surface area contributed by atoms with E-state index in [4.69, 9.17) is 19.1 Å². The van der Waals surface area contributed by atoms with Gasteiger partial charge in [0.25, 0.3) is 0 Å². The third-order valence-electron chi connectivity index (χ3n) is 5.97. The Kier molecular flexibility index (Phi) is 8.65. The van der Waals surface area contributed by atoms with Crippen molar-refractivity contribution >= 4 is 11.4 Å². The van der Waals surface area contributed by atoms with E-state index in [-0.39, 0.29) is 0 Å². The maximum Gasteiger partial charge on any atom is 0.128 e. The molecule has 5 rings (SSSR count). The first-order valence-corrected chi connectivity index (χ1v) is 12.9.